The van der Waals surface area contributed by atoms with Gasteiger partial charge in [0.05, 0.1) is 6.20 Å². The van der Waals surface area contributed by atoms with Crippen molar-refractivity contribution < 1.29 is 0 Å². The number of nitrogens with zero attached hydrogens (tertiary/aromatic N) is 2. The van der Waals surface area contributed by atoms with Gasteiger partial charge in [0.2, 0.25) is 0 Å². The summed E-state index contributed by atoms with van der Waals surface area (Å²) in [6.07, 6.45) is 7.90. The molecule has 2 atom stereocenters. The van der Waals surface area contributed by atoms with Gasteiger partial charge in [-0.25, -0.2) is 0 Å². The molecule has 2 unspecified atom stereocenters. The monoisotopic (exact) mass is 253 g/mol. The Balaban J connectivity index is 2.06. The highest BCUT2D eigenvalue weighted by Crippen LogP contribution is 2.41. The third-order valence-corrected chi connectivity index (χ3v) is 5.28. The van der Waals surface area contributed by atoms with Crippen LogP contribution in [-0.2, 0) is 13.5 Å². The molecule has 0 aromatic carbocycles. The fourth-order valence-electron chi connectivity index (χ4n) is 2.64. The van der Waals surface area contributed by atoms with Gasteiger partial charge in [0, 0.05) is 24.0 Å². The third-order valence-electron chi connectivity index (χ3n) is 3.64. The normalized spacial score (nSPS) is 26.3. The Labute approximate surface area is 108 Å². The minimum atomic E-state index is 0.395. The highest BCUT2D eigenvalue weighted by Gasteiger charge is 2.37. The van der Waals surface area contributed by atoms with Crippen molar-refractivity contribution in [1.82, 2.24) is 15.1 Å². The minimum Gasteiger partial charge on any atom is -0.313 e. The van der Waals surface area contributed by atoms with Gasteiger partial charge in [-0.1, -0.05) is 6.92 Å². The maximum absolute atomic E-state index is 4.26. The Morgan fingerprint density at radius 3 is 3.00 bits per heavy atom. The van der Waals surface area contributed by atoms with Crippen molar-refractivity contribution in [3.05, 3.63) is 18.0 Å². The van der Waals surface area contributed by atoms with Crippen molar-refractivity contribution >= 4 is 11.8 Å². The number of nitrogens with one attached hydrogen (secondary N) is 1. The average molecular weight is 253 g/mol. The average Bonchev–Trinajstić information content (AvgIpc) is 2.88. The van der Waals surface area contributed by atoms with E-state index in [1.54, 1.807) is 0 Å². The zero-order chi connectivity index (χ0) is 12.3. The molecule has 0 saturated carbocycles. The number of rotatable bonds is 5. The summed E-state index contributed by atoms with van der Waals surface area (Å²) in [5.74, 6) is 1.31. The Bertz CT molecular complexity index is 355. The summed E-state index contributed by atoms with van der Waals surface area (Å²) in [6, 6.07) is 0.559. The Morgan fingerprint density at radius 2 is 2.47 bits per heavy atom. The summed E-state index contributed by atoms with van der Waals surface area (Å²) in [5.41, 5.74) is 1.34. The number of thioether (sulfide) groups is 1. The van der Waals surface area contributed by atoms with Gasteiger partial charge in [-0.3, -0.25) is 4.68 Å². The molecule has 1 N–H and O–H groups in total. The van der Waals surface area contributed by atoms with Gasteiger partial charge in [-0.2, -0.15) is 16.9 Å². The van der Waals surface area contributed by atoms with E-state index in [0.717, 1.165) is 13.0 Å². The van der Waals surface area contributed by atoms with E-state index in [4.69, 9.17) is 0 Å². The zero-order valence-electron chi connectivity index (χ0n) is 11.1. The predicted molar refractivity (Wildman–Crippen MR) is 74.5 cm³/mol. The van der Waals surface area contributed by atoms with Gasteiger partial charge >= 0.3 is 0 Å². The number of likely N-dealkylation sites (N-methyl/N-ethyl adjacent to an activating group) is 1. The van der Waals surface area contributed by atoms with Gasteiger partial charge in [0.25, 0.3) is 0 Å². The number of hydrogen-bond donors (Lipinski definition) is 1. The standard InChI is InChI=1S/C13H23N3S/c1-4-14-12(13(2)6-5-7-17-13)8-11-9-15-16(3)10-11/h9-10,12,14H,4-8H2,1-3H3. The molecule has 4 heteroatoms. The van der Waals surface area contributed by atoms with Crippen LogP contribution in [-0.4, -0.2) is 32.9 Å². The summed E-state index contributed by atoms with van der Waals surface area (Å²) in [7, 11) is 1.98. The first kappa shape index (κ1) is 13.0. The van der Waals surface area contributed by atoms with E-state index in [1.807, 2.05) is 17.9 Å². The maximum atomic E-state index is 4.26. The summed E-state index contributed by atoms with van der Waals surface area (Å²) in [5, 5.41) is 7.93. The lowest BCUT2D eigenvalue weighted by Gasteiger charge is -2.33. The molecule has 0 amide bonds. The van der Waals surface area contributed by atoms with Crippen LogP contribution in [0.3, 0.4) is 0 Å². The summed E-state index contributed by atoms with van der Waals surface area (Å²) < 4.78 is 2.29. The number of aryl methyl sites for hydroxylation is 1. The van der Waals surface area contributed by atoms with Crippen LogP contribution < -0.4 is 5.32 Å². The second kappa shape index (κ2) is 5.44. The molecule has 1 aromatic rings. The molecule has 0 spiro atoms. The second-order valence-corrected chi connectivity index (χ2v) is 6.73. The zero-order valence-corrected chi connectivity index (χ0v) is 11.9. The van der Waals surface area contributed by atoms with E-state index in [9.17, 15) is 0 Å². The topological polar surface area (TPSA) is 29.9 Å². The molecule has 0 aliphatic carbocycles. The minimum absolute atomic E-state index is 0.395. The SMILES string of the molecule is CCNC(Cc1cnn(C)c1)C1(C)CCCS1. The molecule has 17 heavy (non-hydrogen) atoms. The molecule has 0 radical (unpaired) electrons. The van der Waals surface area contributed by atoms with Crippen LogP contribution in [0, 0.1) is 0 Å². The Kier molecular flexibility index (Phi) is 4.15. The molecular formula is C13H23N3S. The van der Waals surface area contributed by atoms with E-state index in [-0.39, 0.29) is 0 Å². The van der Waals surface area contributed by atoms with Crippen LogP contribution in [0.1, 0.15) is 32.3 Å². The lowest BCUT2D eigenvalue weighted by molar-refractivity contribution is 0.406. The fourth-order valence-corrected chi connectivity index (χ4v) is 4.05. The van der Waals surface area contributed by atoms with Gasteiger partial charge in [0.15, 0.2) is 0 Å². The van der Waals surface area contributed by atoms with Crippen molar-refractivity contribution in [1.29, 1.82) is 0 Å². The molecule has 96 valence electrons. The Hall–Kier alpha value is -0.480. The molecule has 2 rings (SSSR count). The van der Waals surface area contributed by atoms with Crippen molar-refractivity contribution in [3.63, 3.8) is 0 Å². The first-order valence-corrected chi connectivity index (χ1v) is 7.47. The predicted octanol–water partition coefficient (Wildman–Crippen LogP) is 2.23. The highest BCUT2D eigenvalue weighted by molar-refractivity contribution is 8.00. The lowest BCUT2D eigenvalue weighted by atomic mass is 9.91. The van der Waals surface area contributed by atoms with Crippen LogP contribution in [0.15, 0.2) is 12.4 Å². The van der Waals surface area contributed by atoms with E-state index < -0.39 is 0 Å². The molecule has 3 nitrogen and oxygen atoms in total. The quantitative estimate of drug-likeness (QED) is 0.872. The lowest BCUT2D eigenvalue weighted by Crippen LogP contribution is -2.46. The molecule has 0 bridgehead atoms. The molecule has 2 heterocycles. The molecule has 1 fully saturated rings. The molecule has 1 saturated heterocycles. The third kappa shape index (κ3) is 3.05. The molecular weight excluding hydrogens is 230 g/mol. The molecule has 1 aromatic heterocycles. The largest absolute Gasteiger partial charge is 0.313 e. The van der Waals surface area contributed by atoms with Crippen molar-refractivity contribution in [2.75, 3.05) is 12.3 Å². The molecule has 1 aliphatic rings. The number of aromatic nitrogens is 2. The van der Waals surface area contributed by atoms with Crippen LogP contribution in [0.25, 0.3) is 0 Å². The van der Waals surface area contributed by atoms with E-state index in [1.165, 1.54) is 24.2 Å². The first-order valence-electron chi connectivity index (χ1n) is 6.49. The summed E-state index contributed by atoms with van der Waals surface area (Å²) >= 11 is 2.13. The second-order valence-electron chi connectivity index (χ2n) is 5.10. The Morgan fingerprint density at radius 1 is 1.65 bits per heavy atom. The molecule has 1 aliphatic heterocycles. The van der Waals surface area contributed by atoms with E-state index in [0.29, 0.717) is 10.8 Å². The van der Waals surface area contributed by atoms with E-state index >= 15 is 0 Å². The van der Waals surface area contributed by atoms with Gasteiger partial charge in [0.1, 0.15) is 0 Å². The van der Waals surface area contributed by atoms with Crippen LogP contribution in [0.2, 0.25) is 0 Å². The highest BCUT2D eigenvalue weighted by atomic mass is 32.2. The van der Waals surface area contributed by atoms with Crippen LogP contribution >= 0.6 is 11.8 Å². The van der Waals surface area contributed by atoms with E-state index in [2.05, 4.69) is 42.2 Å². The summed E-state index contributed by atoms with van der Waals surface area (Å²) in [6.45, 7) is 5.65. The van der Waals surface area contributed by atoms with Gasteiger partial charge in [-0.15, -0.1) is 0 Å². The fraction of sp³-hybridized carbons (Fsp3) is 0.769. The van der Waals surface area contributed by atoms with Crippen LogP contribution in [0.5, 0.6) is 0 Å². The first-order chi connectivity index (χ1) is 8.14. The van der Waals surface area contributed by atoms with Crippen molar-refractivity contribution in [3.8, 4) is 0 Å². The van der Waals surface area contributed by atoms with Gasteiger partial charge in [-0.05, 0) is 44.0 Å². The summed E-state index contributed by atoms with van der Waals surface area (Å²) in [4.78, 5) is 0. The maximum Gasteiger partial charge on any atom is 0.0522 e. The smallest absolute Gasteiger partial charge is 0.0522 e. The van der Waals surface area contributed by atoms with Gasteiger partial charge < -0.3 is 5.32 Å². The van der Waals surface area contributed by atoms with Crippen molar-refractivity contribution in [2.45, 2.75) is 43.9 Å². The van der Waals surface area contributed by atoms with Crippen LogP contribution in [0.4, 0.5) is 0 Å². The van der Waals surface area contributed by atoms with Crippen molar-refractivity contribution in [2.24, 2.45) is 7.05 Å². The number of hydrogen-bond acceptors (Lipinski definition) is 3.